The third-order valence-corrected chi connectivity index (χ3v) is 5.96. The van der Waals surface area contributed by atoms with Gasteiger partial charge < -0.3 is 16.0 Å². The van der Waals surface area contributed by atoms with Gasteiger partial charge in [0.25, 0.3) is 0 Å². The molecule has 0 saturated heterocycles. The molecule has 0 radical (unpaired) electrons. The first-order chi connectivity index (χ1) is 14.5. The molecule has 31 heavy (non-hydrogen) atoms. The molecule has 0 aliphatic carbocycles. The molecule has 0 saturated carbocycles. The average molecular weight is 451 g/mol. The molecule has 1 aliphatic rings. The molecule has 6 nitrogen and oxygen atoms in total. The zero-order valence-corrected chi connectivity index (χ0v) is 17.5. The molecule has 3 N–H and O–H groups in total. The van der Waals surface area contributed by atoms with E-state index in [1.165, 1.54) is 6.07 Å². The molecular weight excluding hydrogens is 431 g/mol. The third-order valence-electron chi connectivity index (χ3n) is 4.69. The van der Waals surface area contributed by atoms with E-state index in [2.05, 4.69) is 16.0 Å². The summed E-state index contributed by atoms with van der Waals surface area (Å²) in [5.74, 6) is -1.48. The van der Waals surface area contributed by atoms with Gasteiger partial charge >= 0.3 is 6.18 Å². The van der Waals surface area contributed by atoms with E-state index in [-0.39, 0.29) is 18.7 Å². The number of aryl methyl sites for hydroxylation is 2. The highest BCUT2D eigenvalue weighted by Crippen LogP contribution is 2.40. The summed E-state index contributed by atoms with van der Waals surface area (Å²) >= 11 is 1.01. The second-order valence-electron chi connectivity index (χ2n) is 7.10. The number of hydrogen-bond donors (Lipinski definition) is 3. The van der Waals surface area contributed by atoms with E-state index in [4.69, 9.17) is 0 Å². The van der Waals surface area contributed by atoms with Crippen molar-refractivity contribution in [3.8, 4) is 0 Å². The summed E-state index contributed by atoms with van der Waals surface area (Å²) in [7, 11) is 0. The number of benzene rings is 2. The van der Waals surface area contributed by atoms with Crippen LogP contribution < -0.4 is 16.0 Å². The summed E-state index contributed by atoms with van der Waals surface area (Å²) in [5.41, 5.74) is 1.66. The Morgan fingerprint density at radius 2 is 1.77 bits per heavy atom. The second-order valence-corrected chi connectivity index (χ2v) is 8.34. The van der Waals surface area contributed by atoms with Crippen LogP contribution in [0.2, 0.25) is 0 Å². The Balaban J connectivity index is 1.55. The Bertz CT molecular complexity index is 1020. The highest BCUT2D eigenvalue weighted by atomic mass is 32.2. The number of anilines is 2. The number of nitrogens with one attached hydrogen (secondary N) is 3. The topological polar surface area (TPSA) is 87.3 Å². The van der Waals surface area contributed by atoms with Crippen LogP contribution >= 0.6 is 11.8 Å². The van der Waals surface area contributed by atoms with Crippen LogP contribution in [0.4, 0.5) is 24.5 Å². The summed E-state index contributed by atoms with van der Waals surface area (Å²) in [6, 6.07) is 8.65. The summed E-state index contributed by atoms with van der Waals surface area (Å²) in [6.45, 7) is 3.45. The van der Waals surface area contributed by atoms with E-state index < -0.39 is 34.7 Å². The SMILES string of the molecule is Cc1cccc(C)c1NC(=O)CNC(=O)C[C@H]1Sc2ccc(C(F)(F)F)cc2NC1=O. The van der Waals surface area contributed by atoms with Crippen molar-refractivity contribution in [2.45, 2.75) is 36.6 Å². The van der Waals surface area contributed by atoms with Crippen LogP contribution in [0.1, 0.15) is 23.1 Å². The zero-order chi connectivity index (χ0) is 22.8. The normalized spacial score (nSPS) is 15.6. The molecule has 0 unspecified atom stereocenters. The van der Waals surface area contributed by atoms with Gasteiger partial charge in [-0.15, -0.1) is 11.8 Å². The quantitative estimate of drug-likeness (QED) is 0.644. The van der Waals surface area contributed by atoms with Crippen molar-refractivity contribution in [2.75, 3.05) is 17.2 Å². The molecular formula is C21H20F3N3O3S. The fraction of sp³-hybridized carbons (Fsp3) is 0.286. The number of thioether (sulfide) groups is 1. The van der Waals surface area contributed by atoms with Crippen LogP contribution in [0, 0.1) is 13.8 Å². The fourth-order valence-corrected chi connectivity index (χ4v) is 4.17. The molecule has 0 fully saturated rings. The second kappa shape index (κ2) is 9.01. The lowest BCUT2D eigenvalue weighted by Gasteiger charge is -2.24. The van der Waals surface area contributed by atoms with Crippen molar-refractivity contribution in [3.05, 3.63) is 53.1 Å². The van der Waals surface area contributed by atoms with Gasteiger partial charge in [-0.05, 0) is 43.2 Å². The van der Waals surface area contributed by atoms with E-state index in [0.717, 1.165) is 35.0 Å². The highest BCUT2D eigenvalue weighted by molar-refractivity contribution is 8.01. The standard InChI is InChI=1S/C21H20F3N3O3S/c1-11-4-3-5-12(2)19(11)27-18(29)10-25-17(28)9-16-20(30)26-14-8-13(21(22,23)24)6-7-15(14)31-16/h3-8,16H,9-10H2,1-2H3,(H,25,28)(H,26,30)(H,27,29)/t16-/m1/s1. The van der Waals surface area contributed by atoms with Gasteiger partial charge in [0.05, 0.1) is 23.0 Å². The number of rotatable bonds is 5. The lowest BCUT2D eigenvalue weighted by atomic mass is 10.1. The molecule has 2 aromatic carbocycles. The molecule has 2 aromatic rings. The maximum Gasteiger partial charge on any atom is 0.416 e. The molecule has 1 heterocycles. The lowest BCUT2D eigenvalue weighted by molar-refractivity contribution is -0.137. The van der Waals surface area contributed by atoms with Crippen molar-refractivity contribution in [1.82, 2.24) is 5.32 Å². The number of para-hydroxylation sites is 1. The minimum Gasteiger partial charge on any atom is -0.347 e. The van der Waals surface area contributed by atoms with Crippen LogP contribution in [0.5, 0.6) is 0 Å². The number of amides is 3. The zero-order valence-electron chi connectivity index (χ0n) is 16.7. The van der Waals surface area contributed by atoms with Gasteiger partial charge in [-0.25, -0.2) is 0 Å². The van der Waals surface area contributed by atoms with Gasteiger partial charge in [-0.3, -0.25) is 14.4 Å². The van der Waals surface area contributed by atoms with Crippen LogP contribution in [0.3, 0.4) is 0 Å². The minimum absolute atomic E-state index is 0.0643. The summed E-state index contributed by atoms with van der Waals surface area (Å²) < 4.78 is 38.5. The van der Waals surface area contributed by atoms with Crippen LogP contribution in [0.15, 0.2) is 41.3 Å². The predicted octanol–water partition coefficient (Wildman–Crippen LogP) is 3.88. The Morgan fingerprint density at radius 3 is 2.42 bits per heavy atom. The smallest absolute Gasteiger partial charge is 0.347 e. The van der Waals surface area contributed by atoms with Crippen molar-refractivity contribution >= 4 is 40.9 Å². The monoisotopic (exact) mass is 451 g/mol. The van der Waals surface area contributed by atoms with E-state index in [1.807, 2.05) is 32.0 Å². The number of hydrogen-bond acceptors (Lipinski definition) is 4. The van der Waals surface area contributed by atoms with Crippen LogP contribution in [-0.2, 0) is 20.6 Å². The largest absolute Gasteiger partial charge is 0.416 e. The summed E-state index contributed by atoms with van der Waals surface area (Å²) in [4.78, 5) is 37.0. The molecule has 164 valence electrons. The molecule has 3 rings (SSSR count). The number of fused-ring (bicyclic) bond motifs is 1. The van der Waals surface area contributed by atoms with Gasteiger partial charge in [0, 0.05) is 17.0 Å². The van der Waals surface area contributed by atoms with E-state index in [9.17, 15) is 27.6 Å². The Hall–Kier alpha value is -3.01. The lowest BCUT2D eigenvalue weighted by Crippen LogP contribution is -2.38. The number of halogens is 3. The first-order valence-corrected chi connectivity index (χ1v) is 10.2. The number of carbonyl (C=O) groups is 3. The first kappa shape index (κ1) is 22.7. The van der Waals surface area contributed by atoms with E-state index >= 15 is 0 Å². The highest BCUT2D eigenvalue weighted by Gasteiger charge is 2.34. The third kappa shape index (κ3) is 5.57. The molecule has 0 spiro atoms. The molecule has 0 aromatic heterocycles. The van der Waals surface area contributed by atoms with Gasteiger partial charge in [0.1, 0.15) is 0 Å². The predicted molar refractivity (Wildman–Crippen MR) is 112 cm³/mol. The Morgan fingerprint density at radius 1 is 1.10 bits per heavy atom. The maximum absolute atomic E-state index is 12.8. The number of carbonyl (C=O) groups excluding carboxylic acids is 3. The molecule has 1 aliphatic heterocycles. The van der Waals surface area contributed by atoms with Crippen molar-refractivity contribution < 1.29 is 27.6 Å². The minimum atomic E-state index is -4.52. The number of alkyl halides is 3. The first-order valence-electron chi connectivity index (χ1n) is 9.36. The van der Waals surface area contributed by atoms with Gasteiger partial charge in [0.2, 0.25) is 17.7 Å². The Kier molecular flexibility index (Phi) is 6.59. The van der Waals surface area contributed by atoms with Crippen LogP contribution in [-0.4, -0.2) is 29.5 Å². The van der Waals surface area contributed by atoms with Crippen molar-refractivity contribution in [2.24, 2.45) is 0 Å². The molecule has 10 heteroatoms. The van der Waals surface area contributed by atoms with Gasteiger partial charge in [-0.2, -0.15) is 13.2 Å². The molecule has 0 bridgehead atoms. The van der Waals surface area contributed by atoms with E-state index in [0.29, 0.717) is 10.6 Å². The summed E-state index contributed by atoms with van der Waals surface area (Å²) in [5, 5.41) is 6.82. The fourth-order valence-electron chi connectivity index (χ4n) is 3.08. The van der Waals surface area contributed by atoms with Crippen molar-refractivity contribution in [1.29, 1.82) is 0 Å². The molecule has 3 amide bonds. The van der Waals surface area contributed by atoms with E-state index in [1.54, 1.807) is 0 Å². The summed E-state index contributed by atoms with van der Waals surface area (Å²) in [6.07, 6.45) is -4.73. The van der Waals surface area contributed by atoms with Gasteiger partial charge in [0.15, 0.2) is 0 Å². The average Bonchev–Trinajstić information content (AvgIpc) is 2.69. The van der Waals surface area contributed by atoms with Crippen LogP contribution in [0.25, 0.3) is 0 Å². The molecule has 1 atom stereocenters. The Labute approximate surface area is 181 Å². The van der Waals surface area contributed by atoms with Gasteiger partial charge in [-0.1, -0.05) is 18.2 Å². The van der Waals surface area contributed by atoms with Crippen molar-refractivity contribution in [3.63, 3.8) is 0 Å². The maximum atomic E-state index is 12.8.